The van der Waals surface area contributed by atoms with Crippen LogP contribution in [-0.4, -0.2) is 40.2 Å². The van der Waals surface area contributed by atoms with Gasteiger partial charge in [0.05, 0.1) is 10.6 Å². The number of anilines is 1. The molecule has 0 spiro atoms. The minimum Gasteiger partial charge on any atom is -0.319 e. The molecule has 160 valence electrons. The number of nitro benzene ring substituents is 1. The fourth-order valence-corrected chi connectivity index (χ4v) is 2.99. The molecule has 12 heteroatoms. The zero-order chi connectivity index (χ0) is 22.8. The van der Waals surface area contributed by atoms with E-state index in [1.165, 1.54) is 43.3 Å². The number of urea groups is 2. The molecule has 1 fully saturated rings. The summed E-state index contributed by atoms with van der Waals surface area (Å²) in [5.41, 5.74) is -1.93. The van der Waals surface area contributed by atoms with E-state index < -0.39 is 46.7 Å². The highest BCUT2D eigenvalue weighted by atomic mass is 19.1. The maximum absolute atomic E-state index is 13.6. The first-order valence-corrected chi connectivity index (χ1v) is 8.86. The molecular formula is C19H16FN5O6. The van der Waals surface area contributed by atoms with Crippen molar-refractivity contribution in [2.75, 3.05) is 11.9 Å². The lowest BCUT2D eigenvalue weighted by Crippen LogP contribution is -2.45. The topological polar surface area (TPSA) is 151 Å². The maximum Gasteiger partial charge on any atom is 0.326 e. The van der Waals surface area contributed by atoms with Gasteiger partial charge in [0.1, 0.15) is 17.9 Å². The molecule has 1 unspecified atom stereocenters. The SMILES string of the molecule is CC1(c2cccc([N+](=O)[O-])c2)NC(=O)N(CC(=O)NC(=O)Nc2ccccc2F)C1=O. The summed E-state index contributed by atoms with van der Waals surface area (Å²) in [5.74, 6) is -2.55. The van der Waals surface area contributed by atoms with Gasteiger partial charge in [0.2, 0.25) is 5.91 Å². The van der Waals surface area contributed by atoms with Crippen LogP contribution in [0.1, 0.15) is 12.5 Å². The van der Waals surface area contributed by atoms with Gasteiger partial charge in [-0.1, -0.05) is 24.3 Å². The summed E-state index contributed by atoms with van der Waals surface area (Å²) >= 11 is 0. The Morgan fingerprint density at radius 2 is 1.90 bits per heavy atom. The minimum absolute atomic E-state index is 0.153. The zero-order valence-corrected chi connectivity index (χ0v) is 16.0. The smallest absolute Gasteiger partial charge is 0.319 e. The Balaban J connectivity index is 1.69. The summed E-state index contributed by atoms with van der Waals surface area (Å²) in [6.07, 6.45) is 0. The Hall–Kier alpha value is -4.35. The van der Waals surface area contributed by atoms with E-state index in [0.29, 0.717) is 4.90 Å². The van der Waals surface area contributed by atoms with Gasteiger partial charge in [-0.3, -0.25) is 29.9 Å². The van der Waals surface area contributed by atoms with Gasteiger partial charge in [0, 0.05) is 12.1 Å². The van der Waals surface area contributed by atoms with E-state index in [1.54, 1.807) is 0 Å². The average molecular weight is 429 g/mol. The Bertz CT molecular complexity index is 1110. The molecule has 0 saturated carbocycles. The van der Waals surface area contributed by atoms with Crippen LogP contribution in [0.2, 0.25) is 0 Å². The van der Waals surface area contributed by atoms with Crippen LogP contribution >= 0.6 is 0 Å². The third kappa shape index (κ3) is 4.32. The van der Waals surface area contributed by atoms with Crippen molar-refractivity contribution in [3.63, 3.8) is 0 Å². The van der Waals surface area contributed by atoms with Crippen molar-refractivity contribution in [2.24, 2.45) is 0 Å². The largest absolute Gasteiger partial charge is 0.326 e. The second kappa shape index (κ2) is 8.18. The molecule has 31 heavy (non-hydrogen) atoms. The molecule has 0 aliphatic carbocycles. The highest BCUT2D eigenvalue weighted by Gasteiger charge is 2.49. The quantitative estimate of drug-likeness (QED) is 0.375. The molecule has 11 nitrogen and oxygen atoms in total. The predicted molar refractivity (Wildman–Crippen MR) is 104 cm³/mol. The van der Waals surface area contributed by atoms with Gasteiger partial charge < -0.3 is 10.6 Å². The summed E-state index contributed by atoms with van der Waals surface area (Å²) in [6.45, 7) is 0.551. The monoisotopic (exact) mass is 429 g/mol. The first-order valence-electron chi connectivity index (χ1n) is 8.86. The second-order valence-corrected chi connectivity index (χ2v) is 6.74. The van der Waals surface area contributed by atoms with Crippen LogP contribution in [0.15, 0.2) is 48.5 Å². The molecule has 1 heterocycles. The number of nitrogens with zero attached hydrogens (tertiary/aromatic N) is 2. The molecule has 1 atom stereocenters. The third-order valence-electron chi connectivity index (χ3n) is 4.59. The summed E-state index contributed by atoms with van der Waals surface area (Å²) in [5, 5.41) is 17.4. The lowest BCUT2D eigenvalue weighted by Gasteiger charge is -2.21. The van der Waals surface area contributed by atoms with E-state index in [0.717, 1.165) is 12.1 Å². The van der Waals surface area contributed by atoms with Crippen molar-refractivity contribution in [1.82, 2.24) is 15.5 Å². The molecule has 0 aromatic heterocycles. The number of halogens is 1. The first kappa shape index (κ1) is 21.4. The molecule has 6 amide bonds. The number of carbonyl (C=O) groups excluding carboxylic acids is 4. The number of benzene rings is 2. The van der Waals surface area contributed by atoms with Crippen LogP contribution in [0.25, 0.3) is 0 Å². The standard InChI is InChI=1S/C19H16FN5O6/c1-19(11-5-4-6-12(9-11)25(30)31)16(27)24(18(29)23-19)10-15(26)22-17(28)21-14-8-3-2-7-13(14)20/h2-9H,10H2,1H3,(H,23,29)(H2,21,22,26,28). The number of hydrogen-bond acceptors (Lipinski definition) is 6. The Morgan fingerprint density at radius 3 is 2.58 bits per heavy atom. The van der Waals surface area contributed by atoms with Crippen LogP contribution in [-0.2, 0) is 15.1 Å². The van der Waals surface area contributed by atoms with Crippen molar-refractivity contribution in [2.45, 2.75) is 12.5 Å². The number of carbonyl (C=O) groups is 4. The van der Waals surface area contributed by atoms with Crippen LogP contribution in [0.4, 0.5) is 25.4 Å². The molecule has 2 aromatic carbocycles. The number of rotatable bonds is 5. The molecule has 1 saturated heterocycles. The van der Waals surface area contributed by atoms with E-state index in [9.17, 15) is 33.7 Å². The van der Waals surface area contributed by atoms with Crippen molar-refractivity contribution in [3.8, 4) is 0 Å². The highest BCUT2D eigenvalue weighted by molar-refractivity contribution is 6.10. The lowest BCUT2D eigenvalue weighted by atomic mass is 9.91. The lowest BCUT2D eigenvalue weighted by molar-refractivity contribution is -0.385. The second-order valence-electron chi connectivity index (χ2n) is 6.74. The van der Waals surface area contributed by atoms with E-state index in [4.69, 9.17) is 0 Å². The van der Waals surface area contributed by atoms with Crippen LogP contribution < -0.4 is 16.0 Å². The van der Waals surface area contributed by atoms with Gasteiger partial charge in [-0.15, -0.1) is 0 Å². The van der Waals surface area contributed by atoms with Gasteiger partial charge in [-0.2, -0.15) is 0 Å². The summed E-state index contributed by atoms with van der Waals surface area (Å²) in [6, 6.07) is 8.48. The Labute approximate surface area is 174 Å². The molecular weight excluding hydrogens is 413 g/mol. The van der Waals surface area contributed by atoms with Gasteiger partial charge >= 0.3 is 12.1 Å². The number of para-hydroxylation sites is 1. The number of non-ortho nitro benzene ring substituents is 1. The number of nitrogens with one attached hydrogen (secondary N) is 3. The van der Waals surface area contributed by atoms with Crippen LogP contribution in [0.5, 0.6) is 0 Å². The molecule has 0 bridgehead atoms. The van der Waals surface area contributed by atoms with Crippen molar-refractivity contribution in [3.05, 3.63) is 70.0 Å². The first-order chi connectivity index (χ1) is 14.6. The van der Waals surface area contributed by atoms with Crippen molar-refractivity contribution < 1.29 is 28.5 Å². The van der Waals surface area contributed by atoms with E-state index in [2.05, 4.69) is 10.6 Å². The maximum atomic E-state index is 13.6. The Morgan fingerprint density at radius 1 is 1.19 bits per heavy atom. The molecule has 2 aromatic rings. The van der Waals surface area contributed by atoms with Gasteiger partial charge in [0.25, 0.3) is 11.6 Å². The predicted octanol–water partition coefficient (Wildman–Crippen LogP) is 1.85. The van der Waals surface area contributed by atoms with Gasteiger partial charge in [-0.05, 0) is 24.6 Å². The number of hydrogen-bond donors (Lipinski definition) is 3. The molecule has 0 radical (unpaired) electrons. The zero-order valence-electron chi connectivity index (χ0n) is 16.0. The highest BCUT2D eigenvalue weighted by Crippen LogP contribution is 2.30. The van der Waals surface area contributed by atoms with Crippen LogP contribution in [0.3, 0.4) is 0 Å². The van der Waals surface area contributed by atoms with Crippen molar-refractivity contribution in [1.29, 1.82) is 0 Å². The average Bonchev–Trinajstić information content (AvgIpc) is 2.93. The summed E-state index contributed by atoms with van der Waals surface area (Å²) in [4.78, 5) is 60.0. The van der Waals surface area contributed by atoms with E-state index >= 15 is 0 Å². The molecule has 3 N–H and O–H groups in total. The number of imide groups is 2. The van der Waals surface area contributed by atoms with Gasteiger partial charge in [-0.25, -0.2) is 14.0 Å². The summed E-state index contributed by atoms with van der Waals surface area (Å²) in [7, 11) is 0. The van der Waals surface area contributed by atoms with E-state index in [-0.39, 0.29) is 16.9 Å². The summed E-state index contributed by atoms with van der Waals surface area (Å²) < 4.78 is 13.6. The number of amides is 6. The molecule has 3 rings (SSSR count). The van der Waals surface area contributed by atoms with Crippen LogP contribution in [0, 0.1) is 15.9 Å². The minimum atomic E-state index is -1.64. The van der Waals surface area contributed by atoms with Crippen molar-refractivity contribution >= 4 is 35.3 Å². The normalized spacial score (nSPS) is 17.8. The Kier molecular flexibility index (Phi) is 5.64. The molecule has 1 aliphatic rings. The fourth-order valence-electron chi connectivity index (χ4n) is 2.99. The van der Waals surface area contributed by atoms with E-state index in [1.807, 2.05) is 5.32 Å². The van der Waals surface area contributed by atoms with Gasteiger partial charge in [0.15, 0.2) is 0 Å². The molecule has 1 aliphatic heterocycles. The third-order valence-corrected chi connectivity index (χ3v) is 4.59. The fraction of sp³-hybridized carbons (Fsp3) is 0.158. The number of nitro groups is 1.